The van der Waals surface area contributed by atoms with Gasteiger partial charge in [0.15, 0.2) is 5.41 Å². The van der Waals surface area contributed by atoms with Crippen molar-refractivity contribution in [2.45, 2.75) is 18.5 Å². The Bertz CT molecular complexity index is 420. The second-order valence-electron chi connectivity index (χ2n) is 3.51. The van der Waals surface area contributed by atoms with E-state index >= 15 is 0 Å². The molecule has 17 heavy (non-hydrogen) atoms. The smallest absolute Gasteiger partial charge is 0.403 e. The minimum atomic E-state index is -5.23. The van der Waals surface area contributed by atoms with Crippen molar-refractivity contribution in [2.75, 3.05) is 7.11 Å². The Morgan fingerprint density at radius 1 is 1.47 bits per heavy atom. The molecule has 0 aliphatic heterocycles. The SMILES string of the molecule is COC(=O)/C(C#N)=C\C1(C(F)(F)F)CC1(F)F. The lowest BCUT2D eigenvalue weighted by Crippen LogP contribution is -2.29. The first-order valence-electron chi connectivity index (χ1n) is 4.27. The van der Waals surface area contributed by atoms with Gasteiger partial charge in [-0.05, 0) is 6.08 Å². The molecule has 0 bridgehead atoms. The van der Waals surface area contributed by atoms with Crippen LogP contribution in [-0.4, -0.2) is 25.2 Å². The molecule has 0 radical (unpaired) electrons. The first-order chi connectivity index (χ1) is 7.61. The lowest BCUT2D eigenvalue weighted by atomic mass is 10.0. The van der Waals surface area contributed by atoms with Crippen molar-refractivity contribution in [3.05, 3.63) is 11.6 Å². The fourth-order valence-electron chi connectivity index (χ4n) is 1.35. The van der Waals surface area contributed by atoms with Gasteiger partial charge in [-0.3, -0.25) is 0 Å². The van der Waals surface area contributed by atoms with E-state index in [2.05, 4.69) is 4.74 Å². The maximum Gasteiger partial charge on any atom is 0.403 e. The highest BCUT2D eigenvalue weighted by Gasteiger charge is 2.82. The van der Waals surface area contributed by atoms with Gasteiger partial charge in [0.25, 0.3) is 5.92 Å². The molecule has 0 spiro atoms. The van der Waals surface area contributed by atoms with Crippen molar-refractivity contribution >= 4 is 5.97 Å². The third-order valence-electron chi connectivity index (χ3n) is 2.45. The summed E-state index contributed by atoms with van der Waals surface area (Å²) in [5.41, 5.74) is -4.51. The molecule has 1 saturated carbocycles. The Hall–Kier alpha value is -1.65. The van der Waals surface area contributed by atoms with Gasteiger partial charge in [-0.2, -0.15) is 18.4 Å². The van der Waals surface area contributed by atoms with E-state index in [-0.39, 0.29) is 6.08 Å². The van der Waals surface area contributed by atoms with E-state index in [9.17, 15) is 26.7 Å². The molecule has 1 atom stereocenters. The third kappa shape index (κ3) is 1.97. The topological polar surface area (TPSA) is 50.1 Å². The van der Waals surface area contributed by atoms with Crippen molar-refractivity contribution < 1.29 is 31.5 Å². The average Bonchev–Trinajstić information content (AvgIpc) is 2.77. The molecule has 0 N–H and O–H groups in total. The monoisotopic (exact) mass is 255 g/mol. The molecule has 0 aromatic carbocycles. The largest absolute Gasteiger partial charge is 0.465 e. The van der Waals surface area contributed by atoms with Crippen LogP contribution in [-0.2, 0) is 9.53 Å². The molecule has 0 heterocycles. The zero-order valence-corrected chi connectivity index (χ0v) is 8.44. The second kappa shape index (κ2) is 3.68. The molecular formula is C9H6F5NO2. The van der Waals surface area contributed by atoms with Gasteiger partial charge in [-0.1, -0.05) is 0 Å². The van der Waals surface area contributed by atoms with E-state index in [1.165, 1.54) is 0 Å². The van der Waals surface area contributed by atoms with Gasteiger partial charge in [-0.25, -0.2) is 13.6 Å². The summed E-state index contributed by atoms with van der Waals surface area (Å²) in [5.74, 6) is -5.37. The minimum absolute atomic E-state index is 0.0567. The summed E-state index contributed by atoms with van der Waals surface area (Å²) in [5, 5.41) is 8.42. The highest BCUT2D eigenvalue weighted by Crippen LogP contribution is 2.69. The van der Waals surface area contributed by atoms with E-state index in [0.717, 1.165) is 13.2 Å². The van der Waals surface area contributed by atoms with Gasteiger partial charge in [0.2, 0.25) is 0 Å². The standard InChI is InChI=1S/C9H6F5NO2/c1-17-6(16)5(3-15)2-7(9(12,13)14)4-8(7,10)11/h2H,4H2,1H3/b5-2-. The zero-order chi connectivity index (χ0) is 13.5. The maximum absolute atomic E-state index is 12.8. The van der Waals surface area contributed by atoms with E-state index in [4.69, 9.17) is 5.26 Å². The number of allylic oxidation sites excluding steroid dienone is 1. The van der Waals surface area contributed by atoms with E-state index in [1.54, 1.807) is 0 Å². The summed E-state index contributed by atoms with van der Waals surface area (Å²) in [6.07, 6.45) is -6.75. The number of esters is 1. The van der Waals surface area contributed by atoms with Gasteiger partial charge in [0, 0.05) is 6.42 Å². The van der Waals surface area contributed by atoms with Crippen molar-refractivity contribution in [2.24, 2.45) is 5.41 Å². The molecule has 1 fully saturated rings. The Balaban J connectivity index is 3.19. The summed E-state index contributed by atoms with van der Waals surface area (Å²) in [4.78, 5) is 10.9. The third-order valence-corrected chi connectivity index (χ3v) is 2.45. The van der Waals surface area contributed by atoms with E-state index in [0.29, 0.717) is 0 Å². The van der Waals surface area contributed by atoms with Gasteiger partial charge in [0.05, 0.1) is 7.11 Å². The molecule has 3 nitrogen and oxygen atoms in total. The number of nitrogens with zero attached hydrogens (tertiary/aromatic N) is 1. The fraction of sp³-hybridized carbons (Fsp3) is 0.556. The molecule has 1 unspecified atom stereocenters. The van der Waals surface area contributed by atoms with Crippen LogP contribution in [0.5, 0.6) is 0 Å². The number of halogens is 5. The van der Waals surface area contributed by atoms with Gasteiger partial charge >= 0.3 is 12.1 Å². The Kier molecular flexibility index (Phi) is 2.91. The highest BCUT2D eigenvalue weighted by molar-refractivity contribution is 5.92. The first kappa shape index (κ1) is 13.4. The molecule has 1 rings (SSSR count). The minimum Gasteiger partial charge on any atom is -0.465 e. The predicted molar refractivity (Wildman–Crippen MR) is 43.8 cm³/mol. The van der Waals surface area contributed by atoms with Crippen molar-refractivity contribution in [3.8, 4) is 6.07 Å². The number of hydrogen-bond donors (Lipinski definition) is 0. The zero-order valence-electron chi connectivity index (χ0n) is 8.44. The van der Waals surface area contributed by atoms with Crippen LogP contribution in [0, 0.1) is 16.7 Å². The summed E-state index contributed by atoms with van der Waals surface area (Å²) in [6.45, 7) is 0. The van der Waals surface area contributed by atoms with Crippen LogP contribution < -0.4 is 0 Å². The number of nitriles is 1. The lowest BCUT2D eigenvalue weighted by molar-refractivity contribution is -0.195. The summed E-state index contributed by atoms with van der Waals surface area (Å²) < 4.78 is 67.0. The van der Waals surface area contributed by atoms with Crippen LogP contribution in [0.3, 0.4) is 0 Å². The highest BCUT2D eigenvalue weighted by atomic mass is 19.4. The van der Waals surface area contributed by atoms with Crippen molar-refractivity contribution in [1.82, 2.24) is 0 Å². The van der Waals surface area contributed by atoms with Gasteiger partial charge in [0.1, 0.15) is 11.6 Å². The first-order valence-corrected chi connectivity index (χ1v) is 4.27. The van der Waals surface area contributed by atoms with Crippen molar-refractivity contribution in [1.29, 1.82) is 5.26 Å². The number of hydrogen-bond acceptors (Lipinski definition) is 3. The summed E-state index contributed by atoms with van der Waals surface area (Å²) in [6, 6.07) is 1.11. The predicted octanol–water partition coefficient (Wildman–Crippen LogP) is 2.20. The number of carbonyl (C=O) groups excluding carboxylic acids is 1. The maximum atomic E-state index is 12.8. The molecule has 0 amide bonds. The lowest BCUT2D eigenvalue weighted by Gasteiger charge is -2.16. The quantitative estimate of drug-likeness (QED) is 0.329. The molecule has 0 saturated heterocycles. The number of alkyl halides is 5. The number of methoxy groups -OCH3 is 1. The molecule has 0 aromatic heterocycles. The molecule has 1 aliphatic carbocycles. The van der Waals surface area contributed by atoms with Crippen LogP contribution in [0.1, 0.15) is 6.42 Å². The number of rotatable bonds is 2. The average molecular weight is 255 g/mol. The van der Waals surface area contributed by atoms with E-state index < -0.39 is 35.5 Å². The van der Waals surface area contributed by atoms with Crippen LogP contribution in [0.4, 0.5) is 22.0 Å². The van der Waals surface area contributed by atoms with Crippen LogP contribution >= 0.6 is 0 Å². The molecule has 8 heteroatoms. The summed E-state index contributed by atoms with van der Waals surface area (Å²) in [7, 11) is 0.832. The van der Waals surface area contributed by atoms with E-state index in [1.807, 2.05) is 0 Å². The Labute approximate surface area is 92.5 Å². The molecule has 0 aromatic rings. The number of carbonyl (C=O) groups is 1. The summed E-state index contributed by atoms with van der Waals surface area (Å²) >= 11 is 0. The molecular weight excluding hydrogens is 249 g/mol. The van der Waals surface area contributed by atoms with Crippen LogP contribution in [0.15, 0.2) is 11.6 Å². The van der Waals surface area contributed by atoms with Crippen LogP contribution in [0.2, 0.25) is 0 Å². The van der Waals surface area contributed by atoms with Gasteiger partial charge in [-0.15, -0.1) is 0 Å². The normalized spacial score (nSPS) is 27.2. The Morgan fingerprint density at radius 2 is 1.94 bits per heavy atom. The fourth-order valence-corrected chi connectivity index (χ4v) is 1.35. The second-order valence-corrected chi connectivity index (χ2v) is 3.51. The molecule has 94 valence electrons. The van der Waals surface area contributed by atoms with Crippen LogP contribution in [0.25, 0.3) is 0 Å². The van der Waals surface area contributed by atoms with Crippen molar-refractivity contribution in [3.63, 3.8) is 0 Å². The Morgan fingerprint density at radius 3 is 2.18 bits per heavy atom. The number of ether oxygens (including phenoxy) is 1. The van der Waals surface area contributed by atoms with Gasteiger partial charge < -0.3 is 4.74 Å². The molecule has 1 aliphatic rings.